The van der Waals surface area contributed by atoms with Crippen LogP contribution in [0.3, 0.4) is 0 Å². The predicted molar refractivity (Wildman–Crippen MR) is 201 cm³/mol. The lowest BCUT2D eigenvalue weighted by Gasteiger charge is -2.47. The molecule has 2 aromatic carbocycles. The van der Waals surface area contributed by atoms with Crippen LogP contribution >= 0.6 is 7.82 Å². The summed E-state index contributed by atoms with van der Waals surface area (Å²) in [6, 6.07) is 11.3. The molecule has 6 rings (SSSR count). The Morgan fingerprint density at radius 1 is 0.946 bits per heavy atom. The molecule has 3 aliphatic carbocycles. The quantitative estimate of drug-likeness (QED) is 0.0811. The largest absolute Gasteiger partial charge is 0.529 e. The van der Waals surface area contributed by atoms with Gasteiger partial charge in [-0.05, 0) is 63.7 Å². The van der Waals surface area contributed by atoms with Gasteiger partial charge in [0.15, 0.2) is 30.9 Å². The molecule has 0 radical (unpaired) electrons. The zero-order valence-electron chi connectivity index (χ0n) is 32.9. The first-order valence-electron chi connectivity index (χ1n) is 19.2. The maximum atomic E-state index is 15.0. The molecule has 6 atom stereocenters. The van der Waals surface area contributed by atoms with Crippen LogP contribution < -0.4 is 9.47 Å². The summed E-state index contributed by atoms with van der Waals surface area (Å²) in [4.78, 5) is 44.1. The zero-order valence-corrected chi connectivity index (χ0v) is 33.8. The van der Waals surface area contributed by atoms with Gasteiger partial charge in [-0.25, -0.2) is 4.57 Å². The average Bonchev–Trinajstić information content (AvgIpc) is 3.62. The van der Waals surface area contributed by atoms with Crippen molar-refractivity contribution in [2.75, 3.05) is 54.2 Å². The van der Waals surface area contributed by atoms with Gasteiger partial charge in [-0.15, -0.1) is 0 Å². The van der Waals surface area contributed by atoms with Crippen LogP contribution in [0.1, 0.15) is 78.3 Å². The Morgan fingerprint density at radius 2 is 1.62 bits per heavy atom. The van der Waals surface area contributed by atoms with Crippen LogP contribution in [-0.2, 0) is 53.2 Å². The molecule has 1 saturated heterocycles. The summed E-state index contributed by atoms with van der Waals surface area (Å²) < 4.78 is 71.5. The van der Waals surface area contributed by atoms with E-state index in [0.717, 1.165) is 5.56 Å². The normalized spacial score (nSPS) is 24.9. The van der Waals surface area contributed by atoms with Gasteiger partial charge in [0.1, 0.15) is 23.0 Å². The third-order valence-corrected chi connectivity index (χ3v) is 12.4. The smallest absolute Gasteiger partial charge is 0.467 e. The molecule has 0 amide bonds. The second kappa shape index (κ2) is 18.4. The lowest BCUT2D eigenvalue weighted by atomic mass is 9.55. The number of phosphoric acid groups is 1. The van der Waals surface area contributed by atoms with Crippen LogP contribution in [0, 0.1) is 36.5 Å². The minimum absolute atomic E-state index is 0.0342. The summed E-state index contributed by atoms with van der Waals surface area (Å²) >= 11 is 0. The molecule has 0 aromatic heterocycles. The van der Waals surface area contributed by atoms with Crippen LogP contribution in [0.4, 0.5) is 0 Å². The SMILES string of the molecule is CCOP(=O)(OCC)OC1=CC(CC2(CC(C)OCc3ccccc3)OCCO2)[C@H]2C(=O)C3C(=O)c4c(cc(OCOC)c(C)c4OCOC)C(=O)C3C[C@H]2C1. The van der Waals surface area contributed by atoms with E-state index in [1.807, 2.05) is 37.3 Å². The number of Topliss-reactive ketones (excluding diaryl/α,β-unsaturated/α-hetero) is 3. The van der Waals surface area contributed by atoms with Gasteiger partial charge in [-0.2, -0.15) is 0 Å². The lowest BCUT2D eigenvalue weighted by Crippen LogP contribution is -2.53. The molecule has 0 bridgehead atoms. The third kappa shape index (κ3) is 8.98. The molecule has 15 heteroatoms. The number of hydrogen-bond donors (Lipinski definition) is 0. The van der Waals surface area contributed by atoms with E-state index < -0.39 is 49.0 Å². The van der Waals surface area contributed by atoms with Crippen molar-refractivity contribution in [2.24, 2.45) is 29.6 Å². The molecule has 4 aliphatic rings. The van der Waals surface area contributed by atoms with Crippen LogP contribution in [0.2, 0.25) is 0 Å². The van der Waals surface area contributed by atoms with Crippen LogP contribution in [0.25, 0.3) is 0 Å². The van der Waals surface area contributed by atoms with Crippen molar-refractivity contribution >= 4 is 25.2 Å². The minimum atomic E-state index is -4.02. The van der Waals surface area contributed by atoms with Gasteiger partial charge in [-0.3, -0.25) is 23.4 Å². The Morgan fingerprint density at radius 3 is 2.29 bits per heavy atom. The van der Waals surface area contributed by atoms with Gasteiger partial charge in [0.2, 0.25) is 0 Å². The van der Waals surface area contributed by atoms with E-state index in [1.165, 1.54) is 20.3 Å². The highest BCUT2D eigenvalue weighted by atomic mass is 31.2. The maximum absolute atomic E-state index is 15.0. The summed E-state index contributed by atoms with van der Waals surface area (Å²) in [5, 5.41) is 0. The Bertz CT molecular complexity index is 1790. The highest BCUT2D eigenvalue weighted by molar-refractivity contribution is 7.48. The van der Waals surface area contributed by atoms with Crippen molar-refractivity contribution in [3.05, 3.63) is 70.5 Å². The van der Waals surface area contributed by atoms with Crippen molar-refractivity contribution in [1.29, 1.82) is 0 Å². The lowest BCUT2D eigenvalue weighted by molar-refractivity contribution is -0.194. The molecule has 4 unspecified atom stereocenters. The van der Waals surface area contributed by atoms with E-state index in [4.69, 9.17) is 46.7 Å². The molecule has 2 fully saturated rings. The van der Waals surface area contributed by atoms with Gasteiger partial charge in [-0.1, -0.05) is 30.3 Å². The van der Waals surface area contributed by atoms with Gasteiger partial charge in [0.05, 0.1) is 50.6 Å². The fraction of sp³-hybridized carbons (Fsp3) is 0.585. The van der Waals surface area contributed by atoms with Crippen molar-refractivity contribution in [3.63, 3.8) is 0 Å². The van der Waals surface area contributed by atoms with Gasteiger partial charge in [0, 0.05) is 56.4 Å². The Labute approximate surface area is 328 Å². The van der Waals surface area contributed by atoms with Crippen LogP contribution in [-0.4, -0.2) is 83.5 Å². The zero-order chi connectivity index (χ0) is 40.0. The van der Waals surface area contributed by atoms with Gasteiger partial charge < -0.3 is 37.7 Å². The second-order valence-electron chi connectivity index (χ2n) is 14.6. The Balaban J connectivity index is 1.36. The highest BCUT2D eigenvalue weighted by Gasteiger charge is 2.58. The van der Waals surface area contributed by atoms with Crippen molar-refractivity contribution in [3.8, 4) is 11.5 Å². The average molecular weight is 801 g/mol. The first kappa shape index (κ1) is 42.2. The highest BCUT2D eigenvalue weighted by Crippen LogP contribution is 2.57. The molecule has 14 nitrogen and oxygen atoms in total. The molecule has 1 saturated carbocycles. The maximum Gasteiger partial charge on any atom is 0.529 e. The molecule has 2 aromatic rings. The van der Waals surface area contributed by atoms with E-state index in [-0.39, 0.29) is 80.6 Å². The molecule has 1 aliphatic heterocycles. The van der Waals surface area contributed by atoms with Crippen molar-refractivity contribution < 1.29 is 65.7 Å². The fourth-order valence-electron chi connectivity index (χ4n) is 8.64. The number of ketones is 3. The van der Waals surface area contributed by atoms with Crippen molar-refractivity contribution in [1.82, 2.24) is 0 Å². The molecular weight excluding hydrogens is 747 g/mol. The Hall–Kier alpha value is -3.46. The molecule has 1 heterocycles. The third-order valence-electron chi connectivity index (χ3n) is 10.8. The molecule has 306 valence electrons. The molecule has 56 heavy (non-hydrogen) atoms. The van der Waals surface area contributed by atoms with E-state index in [2.05, 4.69) is 0 Å². The van der Waals surface area contributed by atoms with Crippen molar-refractivity contribution in [2.45, 2.75) is 71.9 Å². The number of fused-ring (bicyclic) bond motifs is 3. The topological polar surface area (TPSA) is 161 Å². The monoisotopic (exact) mass is 800 g/mol. The minimum Gasteiger partial charge on any atom is -0.467 e. The summed E-state index contributed by atoms with van der Waals surface area (Å²) in [6.45, 7) is 7.95. The number of phosphoric ester groups is 1. The van der Waals surface area contributed by atoms with E-state index >= 15 is 0 Å². The number of rotatable bonds is 19. The summed E-state index contributed by atoms with van der Waals surface area (Å²) in [5.41, 5.74) is 1.63. The van der Waals surface area contributed by atoms with E-state index in [0.29, 0.717) is 43.3 Å². The van der Waals surface area contributed by atoms with Gasteiger partial charge in [0.25, 0.3) is 0 Å². The van der Waals surface area contributed by atoms with E-state index in [1.54, 1.807) is 26.8 Å². The summed E-state index contributed by atoms with van der Waals surface area (Å²) in [7, 11) is -1.11. The predicted octanol–water partition coefficient (Wildman–Crippen LogP) is 7.01. The standard InChI is InChI=1S/C41H53O14P/c1-7-53-56(45,54-8-2)55-30-16-28-18-31-35(39(44)36-32(37(31)42)19-33(49-23-46-5)26(4)40(36)50-24-47-6)38(43)34(28)29(17-30)21-41(51-14-15-52-41)20-25(3)48-22-27-12-10-9-11-13-27/h9-13,17,19,25,28-29,31,34-35H,7-8,14-16,18,20-24H2,1-6H3/t25?,28-,29?,31?,34+,35?/m1/s1. The number of carbonyl (C=O) groups excluding carboxylic acids is 3. The summed E-state index contributed by atoms with van der Waals surface area (Å²) in [6.07, 6.45) is 2.39. The molecular formula is C41H53O14P. The fourth-order valence-corrected chi connectivity index (χ4v) is 9.88. The molecule has 0 spiro atoms. The van der Waals surface area contributed by atoms with Gasteiger partial charge >= 0.3 is 7.82 Å². The molecule has 0 N–H and O–H groups in total. The summed E-state index contributed by atoms with van der Waals surface area (Å²) in [5.74, 6) is -5.62. The number of benzene rings is 2. The van der Waals surface area contributed by atoms with Crippen LogP contribution in [0.15, 0.2) is 48.2 Å². The first-order chi connectivity index (χ1) is 27.0. The second-order valence-corrected chi connectivity index (χ2v) is 16.2. The first-order valence-corrected chi connectivity index (χ1v) is 20.7. The van der Waals surface area contributed by atoms with Crippen LogP contribution in [0.5, 0.6) is 11.5 Å². The number of hydrogen-bond acceptors (Lipinski definition) is 14. The number of carbonyl (C=O) groups is 3. The van der Waals surface area contributed by atoms with E-state index in [9.17, 15) is 18.9 Å². The number of allylic oxidation sites excluding steroid dienone is 2. The Kier molecular flexibility index (Phi) is 13.9. The number of ether oxygens (including phenoxy) is 7. The number of methoxy groups -OCH3 is 2.